The summed E-state index contributed by atoms with van der Waals surface area (Å²) in [5.41, 5.74) is 4.92. The van der Waals surface area contributed by atoms with Crippen molar-refractivity contribution in [3.63, 3.8) is 0 Å². The molecule has 1 aliphatic rings. The first-order valence-corrected chi connectivity index (χ1v) is 9.77. The number of sulfone groups is 1. The van der Waals surface area contributed by atoms with Crippen LogP contribution in [0.2, 0.25) is 5.02 Å². The number of thioether (sulfide) groups is 1. The summed E-state index contributed by atoms with van der Waals surface area (Å²) in [6, 6.07) is 6.34. The average Bonchev–Trinajstić information content (AvgIpc) is 2.82. The number of hydrazine groups is 1. The van der Waals surface area contributed by atoms with E-state index < -0.39 is 15.7 Å². The molecular formula is C13H15ClN2O4S2. The molecule has 6 nitrogen and oxygen atoms in total. The lowest BCUT2D eigenvalue weighted by Crippen LogP contribution is -2.42. The van der Waals surface area contributed by atoms with Gasteiger partial charge in [0, 0.05) is 15.8 Å². The minimum atomic E-state index is -2.94. The molecule has 2 N–H and O–H groups in total. The molecule has 0 aliphatic carbocycles. The van der Waals surface area contributed by atoms with Crippen LogP contribution in [0.5, 0.6) is 0 Å². The predicted molar refractivity (Wildman–Crippen MR) is 86.6 cm³/mol. The highest BCUT2D eigenvalue weighted by Crippen LogP contribution is 2.23. The van der Waals surface area contributed by atoms with Gasteiger partial charge in [0.25, 0.3) is 5.91 Å². The molecule has 1 saturated heterocycles. The Bertz CT molecular complexity index is 678. The summed E-state index contributed by atoms with van der Waals surface area (Å²) < 4.78 is 22.6. The minimum absolute atomic E-state index is 0.0561. The van der Waals surface area contributed by atoms with Gasteiger partial charge in [-0.15, -0.1) is 11.8 Å². The highest BCUT2D eigenvalue weighted by atomic mass is 35.5. The predicted octanol–water partition coefficient (Wildman–Crippen LogP) is 1.02. The fraction of sp³-hybridized carbons (Fsp3) is 0.385. The van der Waals surface area contributed by atoms with Crippen molar-refractivity contribution in [2.75, 3.05) is 17.3 Å². The first-order valence-electron chi connectivity index (χ1n) is 6.52. The van der Waals surface area contributed by atoms with E-state index in [0.29, 0.717) is 17.0 Å². The van der Waals surface area contributed by atoms with E-state index >= 15 is 0 Å². The van der Waals surface area contributed by atoms with Gasteiger partial charge in [-0.05, 0) is 24.6 Å². The Hall–Kier alpha value is -1.25. The Kier molecular flexibility index (Phi) is 5.71. The number of carbonyl (C=O) groups is 2. The monoisotopic (exact) mass is 362 g/mol. The molecule has 22 heavy (non-hydrogen) atoms. The van der Waals surface area contributed by atoms with E-state index in [4.69, 9.17) is 11.6 Å². The fourth-order valence-corrected chi connectivity index (χ4v) is 5.58. The SMILES string of the molecule is O=C(CS[C@H]1CCS(=O)(=O)C1)NNC(=O)c1cccc(Cl)c1. The molecule has 0 aromatic heterocycles. The highest BCUT2D eigenvalue weighted by Gasteiger charge is 2.28. The van der Waals surface area contributed by atoms with Gasteiger partial charge in [-0.3, -0.25) is 20.4 Å². The zero-order valence-corrected chi connectivity index (χ0v) is 13.9. The third-order valence-corrected chi connectivity index (χ3v) is 6.56. The van der Waals surface area contributed by atoms with Crippen molar-refractivity contribution in [2.24, 2.45) is 0 Å². The summed E-state index contributed by atoms with van der Waals surface area (Å²) in [6.07, 6.45) is 0.565. The molecule has 0 unspecified atom stereocenters. The standard InChI is InChI=1S/C13H15ClN2O4S2/c14-10-3-1-2-9(6-10)13(18)16-15-12(17)7-21-11-4-5-22(19,20)8-11/h1-3,6,11H,4-5,7-8H2,(H,15,17)(H,16,18)/t11-/m0/s1. The molecule has 0 saturated carbocycles. The third kappa shape index (κ3) is 5.19. The van der Waals surface area contributed by atoms with E-state index in [9.17, 15) is 18.0 Å². The second kappa shape index (κ2) is 7.34. The summed E-state index contributed by atoms with van der Waals surface area (Å²) >= 11 is 7.06. The Balaban J connectivity index is 1.73. The van der Waals surface area contributed by atoms with Gasteiger partial charge in [0.2, 0.25) is 5.91 Å². The van der Waals surface area contributed by atoms with E-state index in [1.165, 1.54) is 17.8 Å². The van der Waals surface area contributed by atoms with Gasteiger partial charge < -0.3 is 0 Å². The Morgan fingerprint density at radius 2 is 2.09 bits per heavy atom. The zero-order valence-electron chi connectivity index (χ0n) is 11.5. The Morgan fingerprint density at radius 3 is 2.73 bits per heavy atom. The summed E-state index contributed by atoms with van der Waals surface area (Å²) in [4.78, 5) is 23.4. The number of nitrogens with one attached hydrogen (secondary N) is 2. The molecule has 0 bridgehead atoms. The van der Waals surface area contributed by atoms with Crippen molar-refractivity contribution in [3.05, 3.63) is 34.9 Å². The fourth-order valence-electron chi connectivity index (χ4n) is 1.95. The van der Waals surface area contributed by atoms with Crippen LogP contribution in [0.3, 0.4) is 0 Å². The Morgan fingerprint density at radius 1 is 1.32 bits per heavy atom. The van der Waals surface area contributed by atoms with E-state index in [0.717, 1.165) is 0 Å². The van der Waals surface area contributed by atoms with E-state index in [2.05, 4.69) is 10.9 Å². The molecule has 1 aliphatic heterocycles. The minimum Gasteiger partial charge on any atom is -0.272 e. The number of hydrogen-bond donors (Lipinski definition) is 2. The van der Waals surface area contributed by atoms with Gasteiger partial charge in [0.1, 0.15) is 0 Å². The van der Waals surface area contributed by atoms with Gasteiger partial charge in [-0.2, -0.15) is 0 Å². The maximum Gasteiger partial charge on any atom is 0.269 e. The van der Waals surface area contributed by atoms with Crippen LogP contribution in [0.4, 0.5) is 0 Å². The summed E-state index contributed by atoms with van der Waals surface area (Å²) in [5.74, 6) is -0.470. The van der Waals surface area contributed by atoms with Crippen molar-refractivity contribution in [3.8, 4) is 0 Å². The van der Waals surface area contributed by atoms with Gasteiger partial charge in [-0.1, -0.05) is 17.7 Å². The van der Waals surface area contributed by atoms with Crippen LogP contribution in [0.25, 0.3) is 0 Å². The second-order valence-corrected chi connectivity index (χ2v) is 8.80. The number of rotatable bonds is 4. The molecular weight excluding hydrogens is 348 g/mol. The number of hydrogen-bond acceptors (Lipinski definition) is 5. The highest BCUT2D eigenvalue weighted by molar-refractivity contribution is 8.02. The van der Waals surface area contributed by atoms with Gasteiger partial charge in [0.15, 0.2) is 9.84 Å². The molecule has 1 aromatic carbocycles. The van der Waals surface area contributed by atoms with E-state index in [1.807, 2.05) is 0 Å². The molecule has 120 valence electrons. The number of amides is 2. The molecule has 1 heterocycles. The molecule has 1 atom stereocenters. The van der Waals surface area contributed by atoms with E-state index in [1.54, 1.807) is 18.2 Å². The van der Waals surface area contributed by atoms with Crippen molar-refractivity contribution < 1.29 is 18.0 Å². The van der Waals surface area contributed by atoms with Gasteiger partial charge >= 0.3 is 0 Å². The van der Waals surface area contributed by atoms with Crippen molar-refractivity contribution in [2.45, 2.75) is 11.7 Å². The van der Waals surface area contributed by atoms with E-state index in [-0.39, 0.29) is 28.4 Å². The van der Waals surface area contributed by atoms with Crippen LogP contribution < -0.4 is 10.9 Å². The lowest BCUT2D eigenvalue weighted by molar-refractivity contribution is -0.119. The average molecular weight is 363 g/mol. The van der Waals surface area contributed by atoms with Crippen LogP contribution in [-0.2, 0) is 14.6 Å². The first-order chi connectivity index (χ1) is 10.4. The Labute approximate surface area is 137 Å². The van der Waals surface area contributed by atoms with Crippen LogP contribution >= 0.6 is 23.4 Å². The van der Waals surface area contributed by atoms with Crippen LogP contribution in [0, 0.1) is 0 Å². The molecule has 2 rings (SSSR count). The summed E-state index contributed by atoms with van der Waals surface area (Å²) in [6.45, 7) is 0. The molecule has 0 spiro atoms. The topological polar surface area (TPSA) is 92.3 Å². The molecule has 1 fully saturated rings. The first kappa shape index (κ1) is 17.1. The molecule has 1 aromatic rings. The summed E-state index contributed by atoms with van der Waals surface area (Å²) in [5, 5.41) is 0.372. The van der Waals surface area contributed by atoms with Crippen LogP contribution in [-0.4, -0.2) is 42.7 Å². The normalized spacial score (nSPS) is 19.6. The lowest BCUT2D eigenvalue weighted by atomic mass is 10.2. The quantitative estimate of drug-likeness (QED) is 0.780. The number of halogens is 1. The maximum atomic E-state index is 11.8. The number of benzene rings is 1. The zero-order chi connectivity index (χ0) is 16.2. The van der Waals surface area contributed by atoms with Crippen LogP contribution in [0.1, 0.15) is 16.8 Å². The molecule has 2 amide bonds. The van der Waals surface area contributed by atoms with Crippen molar-refractivity contribution in [1.82, 2.24) is 10.9 Å². The van der Waals surface area contributed by atoms with Crippen molar-refractivity contribution >= 4 is 45.0 Å². The summed E-state index contributed by atoms with van der Waals surface area (Å²) in [7, 11) is -2.94. The maximum absolute atomic E-state index is 11.8. The smallest absolute Gasteiger partial charge is 0.269 e. The largest absolute Gasteiger partial charge is 0.272 e. The van der Waals surface area contributed by atoms with Gasteiger partial charge in [-0.25, -0.2) is 8.42 Å². The van der Waals surface area contributed by atoms with Gasteiger partial charge in [0.05, 0.1) is 17.3 Å². The van der Waals surface area contributed by atoms with Crippen LogP contribution in [0.15, 0.2) is 24.3 Å². The third-order valence-electron chi connectivity index (χ3n) is 3.04. The lowest BCUT2D eigenvalue weighted by Gasteiger charge is -2.09. The molecule has 9 heteroatoms. The van der Waals surface area contributed by atoms with Crippen molar-refractivity contribution in [1.29, 1.82) is 0 Å². The second-order valence-electron chi connectivity index (χ2n) is 4.85. The number of carbonyl (C=O) groups excluding carboxylic acids is 2. The molecule has 0 radical (unpaired) electrons.